The molecule has 2 heterocycles. The molecule has 1 N–H and O–H groups in total. The van der Waals surface area contributed by atoms with Crippen molar-refractivity contribution in [1.82, 2.24) is 15.1 Å². The van der Waals surface area contributed by atoms with Crippen LogP contribution in [0.4, 0.5) is 0 Å². The summed E-state index contributed by atoms with van der Waals surface area (Å²) in [6.07, 6.45) is 0. The second kappa shape index (κ2) is 6.18. The summed E-state index contributed by atoms with van der Waals surface area (Å²) >= 11 is 0. The smallest absolute Gasteiger partial charge is 0.134 e. The lowest BCUT2D eigenvalue weighted by Gasteiger charge is -2.39. The first-order valence-corrected chi connectivity index (χ1v) is 7.75. The highest BCUT2D eigenvalue weighted by Crippen LogP contribution is 2.25. The van der Waals surface area contributed by atoms with Gasteiger partial charge < -0.3 is 14.6 Å². The summed E-state index contributed by atoms with van der Waals surface area (Å²) in [4.78, 5) is 4.95. The lowest BCUT2D eigenvalue weighted by atomic mass is 10.1. The minimum absolute atomic E-state index is 0.239. The van der Waals surface area contributed by atoms with Crippen LogP contribution in [0.5, 0.6) is 0 Å². The van der Waals surface area contributed by atoms with Gasteiger partial charge in [-0.1, -0.05) is 18.2 Å². The molecule has 0 aliphatic carbocycles. The van der Waals surface area contributed by atoms with Gasteiger partial charge in [0.1, 0.15) is 11.3 Å². The molecule has 0 bridgehead atoms. The van der Waals surface area contributed by atoms with Gasteiger partial charge in [-0.2, -0.15) is 0 Å². The van der Waals surface area contributed by atoms with Crippen LogP contribution < -0.4 is 5.32 Å². The summed E-state index contributed by atoms with van der Waals surface area (Å²) in [5.41, 5.74) is 0.971. The molecule has 1 aromatic heterocycles. The zero-order chi connectivity index (χ0) is 14.8. The third kappa shape index (κ3) is 3.12. The quantitative estimate of drug-likeness (QED) is 0.935. The molecule has 21 heavy (non-hydrogen) atoms. The normalized spacial score (nSPS) is 22.7. The van der Waals surface area contributed by atoms with Gasteiger partial charge in [-0.15, -0.1) is 0 Å². The largest absolute Gasteiger partial charge is 0.459 e. The summed E-state index contributed by atoms with van der Waals surface area (Å²) in [5.74, 6) is 1.03. The molecule has 1 fully saturated rings. The Morgan fingerprint density at radius 2 is 2.14 bits per heavy atom. The van der Waals surface area contributed by atoms with E-state index in [1.165, 1.54) is 5.39 Å². The number of fused-ring (bicyclic) bond motifs is 1. The van der Waals surface area contributed by atoms with E-state index in [4.69, 9.17) is 4.42 Å². The number of likely N-dealkylation sites (N-methyl/N-ethyl adjacent to an activating group) is 2. The standard InChI is InChI=1S/C17H25N3O/c1-13-11-19(3)8-9-20(13)12-15(18-2)17-10-14-6-4-5-7-16(14)21-17/h4-7,10,13,15,18H,8-9,11-12H2,1-3H3. The fraction of sp³-hybridized carbons (Fsp3) is 0.529. The Kier molecular flexibility index (Phi) is 4.29. The molecule has 0 spiro atoms. The van der Waals surface area contributed by atoms with Crippen LogP contribution >= 0.6 is 0 Å². The van der Waals surface area contributed by atoms with Crippen LogP contribution in [-0.2, 0) is 0 Å². The average molecular weight is 287 g/mol. The number of hydrogen-bond acceptors (Lipinski definition) is 4. The first kappa shape index (κ1) is 14.6. The molecule has 1 aliphatic heterocycles. The zero-order valence-corrected chi connectivity index (χ0v) is 13.2. The van der Waals surface area contributed by atoms with Gasteiger partial charge in [0.2, 0.25) is 0 Å². The van der Waals surface area contributed by atoms with E-state index in [1.807, 2.05) is 19.2 Å². The van der Waals surface area contributed by atoms with Crippen molar-refractivity contribution in [1.29, 1.82) is 0 Å². The van der Waals surface area contributed by atoms with Crippen LogP contribution in [0.25, 0.3) is 11.0 Å². The van der Waals surface area contributed by atoms with E-state index in [9.17, 15) is 0 Å². The van der Waals surface area contributed by atoms with E-state index in [0.29, 0.717) is 6.04 Å². The number of benzene rings is 1. The van der Waals surface area contributed by atoms with Crippen molar-refractivity contribution < 1.29 is 4.42 Å². The summed E-state index contributed by atoms with van der Waals surface area (Å²) in [6.45, 7) is 6.69. The van der Waals surface area contributed by atoms with Gasteiger partial charge >= 0.3 is 0 Å². The molecule has 3 rings (SSSR count). The highest BCUT2D eigenvalue weighted by molar-refractivity contribution is 5.77. The maximum atomic E-state index is 6.02. The third-order valence-corrected chi connectivity index (χ3v) is 4.52. The molecule has 1 aliphatic rings. The van der Waals surface area contributed by atoms with Crippen molar-refractivity contribution in [2.24, 2.45) is 0 Å². The van der Waals surface area contributed by atoms with Crippen LogP contribution in [0, 0.1) is 0 Å². The number of rotatable bonds is 4. The van der Waals surface area contributed by atoms with Crippen molar-refractivity contribution in [3.8, 4) is 0 Å². The van der Waals surface area contributed by atoms with Gasteiger partial charge in [-0.3, -0.25) is 4.90 Å². The minimum Gasteiger partial charge on any atom is -0.459 e. The molecule has 2 atom stereocenters. The number of furan rings is 1. The molecule has 114 valence electrons. The molecular weight excluding hydrogens is 262 g/mol. The molecule has 1 aromatic carbocycles. The number of nitrogens with zero attached hydrogens (tertiary/aromatic N) is 2. The second-order valence-corrected chi connectivity index (χ2v) is 6.13. The molecule has 4 nitrogen and oxygen atoms in total. The molecular formula is C17H25N3O. The summed E-state index contributed by atoms with van der Waals surface area (Å²) < 4.78 is 6.02. The lowest BCUT2D eigenvalue weighted by Crippen LogP contribution is -2.52. The number of para-hydroxylation sites is 1. The fourth-order valence-corrected chi connectivity index (χ4v) is 3.18. The predicted molar refractivity (Wildman–Crippen MR) is 86.5 cm³/mol. The van der Waals surface area contributed by atoms with E-state index in [-0.39, 0.29) is 6.04 Å². The van der Waals surface area contributed by atoms with Crippen LogP contribution in [0.3, 0.4) is 0 Å². The Labute approximate surface area is 126 Å². The molecule has 0 radical (unpaired) electrons. The number of hydrogen-bond donors (Lipinski definition) is 1. The Morgan fingerprint density at radius 3 is 2.86 bits per heavy atom. The van der Waals surface area contributed by atoms with Crippen molar-refractivity contribution in [2.45, 2.75) is 19.0 Å². The number of piperazine rings is 1. The summed E-state index contributed by atoms with van der Waals surface area (Å²) in [6, 6.07) is 11.2. The van der Waals surface area contributed by atoms with Gasteiger partial charge in [0.25, 0.3) is 0 Å². The third-order valence-electron chi connectivity index (χ3n) is 4.52. The van der Waals surface area contributed by atoms with E-state index in [0.717, 1.165) is 37.5 Å². The maximum Gasteiger partial charge on any atom is 0.134 e. The van der Waals surface area contributed by atoms with E-state index >= 15 is 0 Å². The zero-order valence-electron chi connectivity index (χ0n) is 13.2. The van der Waals surface area contributed by atoms with Gasteiger partial charge in [0, 0.05) is 37.6 Å². The Bertz CT molecular complexity index is 561. The van der Waals surface area contributed by atoms with Gasteiger partial charge in [-0.05, 0) is 33.2 Å². The molecule has 4 heteroatoms. The van der Waals surface area contributed by atoms with Crippen molar-refractivity contribution in [3.05, 3.63) is 36.1 Å². The lowest BCUT2D eigenvalue weighted by molar-refractivity contribution is 0.0889. The molecule has 1 saturated heterocycles. The Balaban J connectivity index is 1.75. The molecule has 2 aromatic rings. The fourth-order valence-electron chi connectivity index (χ4n) is 3.18. The minimum atomic E-state index is 0.239. The topological polar surface area (TPSA) is 31.6 Å². The molecule has 0 saturated carbocycles. The van der Waals surface area contributed by atoms with Crippen molar-refractivity contribution in [3.63, 3.8) is 0 Å². The number of nitrogens with one attached hydrogen (secondary N) is 1. The second-order valence-electron chi connectivity index (χ2n) is 6.13. The molecule has 0 amide bonds. The van der Waals surface area contributed by atoms with Crippen LogP contribution in [0.1, 0.15) is 18.7 Å². The monoisotopic (exact) mass is 287 g/mol. The van der Waals surface area contributed by atoms with Gasteiger partial charge in [-0.25, -0.2) is 0 Å². The highest BCUT2D eigenvalue weighted by atomic mass is 16.3. The Morgan fingerprint density at radius 1 is 1.33 bits per heavy atom. The van der Waals surface area contributed by atoms with E-state index < -0.39 is 0 Å². The Hall–Kier alpha value is -1.36. The van der Waals surface area contributed by atoms with Crippen LogP contribution in [-0.4, -0.2) is 56.1 Å². The van der Waals surface area contributed by atoms with Gasteiger partial charge in [0.15, 0.2) is 0 Å². The highest BCUT2D eigenvalue weighted by Gasteiger charge is 2.25. The van der Waals surface area contributed by atoms with E-state index in [1.54, 1.807) is 0 Å². The van der Waals surface area contributed by atoms with E-state index in [2.05, 4.69) is 47.3 Å². The predicted octanol–water partition coefficient (Wildman–Crippen LogP) is 2.33. The maximum absolute atomic E-state index is 6.02. The van der Waals surface area contributed by atoms with Crippen LogP contribution in [0.15, 0.2) is 34.7 Å². The first-order valence-electron chi connectivity index (χ1n) is 7.75. The van der Waals surface area contributed by atoms with Crippen LogP contribution in [0.2, 0.25) is 0 Å². The van der Waals surface area contributed by atoms with Crippen molar-refractivity contribution >= 4 is 11.0 Å². The summed E-state index contributed by atoms with van der Waals surface area (Å²) in [5, 5.41) is 4.59. The van der Waals surface area contributed by atoms with Gasteiger partial charge in [0.05, 0.1) is 6.04 Å². The SMILES string of the molecule is CNC(CN1CCN(C)CC1C)c1cc2ccccc2o1. The van der Waals surface area contributed by atoms with Crippen molar-refractivity contribution in [2.75, 3.05) is 40.3 Å². The average Bonchev–Trinajstić information content (AvgIpc) is 2.90. The first-order chi connectivity index (χ1) is 10.2. The summed E-state index contributed by atoms with van der Waals surface area (Å²) in [7, 11) is 4.21. The molecule has 2 unspecified atom stereocenters.